The summed E-state index contributed by atoms with van der Waals surface area (Å²) in [7, 11) is 0. The highest BCUT2D eigenvalue weighted by Crippen LogP contribution is 2.25. The van der Waals surface area contributed by atoms with Crippen LogP contribution in [-0.4, -0.2) is 40.7 Å². The number of anilines is 1. The number of rotatable bonds is 3. The van der Waals surface area contributed by atoms with Crippen LogP contribution in [0.4, 0.5) is 5.82 Å². The van der Waals surface area contributed by atoms with Crippen LogP contribution in [0.2, 0.25) is 5.02 Å². The number of carboxylic acids is 1. The molecule has 1 N–H and O–H groups in total. The Morgan fingerprint density at radius 1 is 1.27 bits per heavy atom. The Hall–Kier alpha value is -2.18. The Morgan fingerprint density at radius 3 is 2.68 bits per heavy atom. The van der Waals surface area contributed by atoms with Gasteiger partial charge in [0.05, 0.1) is 19.0 Å². The summed E-state index contributed by atoms with van der Waals surface area (Å²) < 4.78 is 5.79. The molecule has 0 bridgehead atoms. The van der Waals surface area contributed by atoms with Gasteiger partial charge in [0.15, 0.2) is 5.69 Å². The monoisotopic (exact) mass is 319 g/mol. The van der Waals surface area contributed by atoms with Crippen LogP contribution in [0.1, 0.15) is 22.2 Å². The van der Waals surface area contributed by atoms with Crippen molar-refractivity contribution in [3.05, 3.63) is 52.9 Å². The molecule has 7 heteroatoms. The van der Waals surface area contributed by atoms with Gasteiger partial charge >= 0.3 is 5.97 Å². The maximum atomic E-state index is 10.8. The van der Waals surface area contributed by atoms with Gasteiger partial charge in [0.25, 0.3) is 0 Å². The lowest BCUT2D eigenvalue weighted by Crippen LogP contribution is -2.39. The molecule has 6 nitrogen and oxygen atoms in total. The number of benzene rings is 1. The second-order valence-corrected chi connectivity index (χ2v) is 5.36. The molecular weight excluding hydrogens is 306 g/mol. The fourth-order valence-corrected chi connectivity index (χ4v) is 2.46. The third-order valence-corrected chi connectivity index (χ3v) is 3.74. The highest BCUT2D eigenvalue weighted by Gasteiger charge is 2.23. The van der Waals surface area contributed by atoms with Gasteiger partial charge in [-0.1, -0.05) is 23.7 Å². The molecule has 1 unspecified atom stereocenters. The smallest absolute Gasteiger partial charge is 0.356 e. The molecule has 1 aromatic heterocycles. The first-order valence-electron chi connectivity index (χ1n) is 6.81. The fraction of sp³-hybridized carbons (Fsp3) is 0.267. The number of ether oxygens (including phenoxy) is 1. The Kier molecular flexibility index (Phi) is 4.22. The van der Waals surface area contributed by atoms with E-state index in [1.165, 1.54) is 12.4 Å². The molecular formula is C15H14ClN3O3. The first-order chi connectivity index (χ1) is 10.6. The molecule has 3 rings (SSSR count). The van der Waals surface area contributed by atoms with E-state index in [1.807, 2.05) is 29.2 Å². The van der Waals surface area contributed by atoms with Gasteiger partial charge in [0.1, 0.15) is 11.9 Å². The average Bonchev–Trinajstić information content (AvgIpc) is 2.56. The predicted molar refractivity (Wildman–Crippen MR) is 81.3 cm³/mol. The van der Waals surface area contributed by atoms with Crippen LogP contribution in [0.15, 0.2) is 36.7 Å². The SMILES string of the molecule is O=C(O)c1cnc(N2CCOC(c3ccc(Cl)cc3)C2)cn1. The van der Waals surface area contributed by atoms with Crippen molar-refractivity contribution < 1.29 is 14.6 Å². The minimum absolute atomic E-state index is 0.0636. The molecule has 1 fully saturated rings. The molecule has 1 aliphatic heterocycles. The van der Waals surface area contributed by atoms with E-state index >= 15 is 0 Å². The molecule has 22 heavy (non-hydrogen) atoms. The number of hydrogen-bond acceptors (Lipinski definition) is 5. The van der Waals surface area contributed by atoms with Crippen molar-refractivity contribution in [1.29, 1.82) is 0 Å². The Balaban J connectivity index is 1.75. The standard InChI is InChI=1S/C15H14ClN3O3/c16-11-3-1-10(2-4-11)13-9-19(5-6-22-13)14-8-17-12(7-18-14)15(20)21/h1-4,7-8,13H,5-6,9H2,(H,20,21). The molecule has 0 amide bonds. The summed E-state index contributed by atoms with van der Waals surface area (Å²) in [5, 5.41) is 9.54. The van der Waals surface area contributed by atoms with E-state index in [9.17, 15) is 4.79 Å². The molecule has 2 aromatic rings. The van der Waals surface area contributed by atoms with Gasteiger partial charge < -0.3 is 14.7 Å². The van der Waals surface area contributed by atoms with Crippen LogP contribution in [0.5, 0.6) is 0 Å². The summed E-state index contributed by atoms with van der Waals surface area (Å²) in [4.78, 5) is 20.9. The number of halogens is 1. The summed E-state index contributed by atoms with van der Waals surface area (Å²) in [5.74, 6) is -0.438. The molecule has 1 aliphatic rings. The lowest BCUT2D eigenvalue weighted by atomic mass is 10.1. The number of nitrogens with zero attached hydrogens (tertiary/aromatic N) is 3. The second kappa shape index (κ2) is 6.29. The lowest BCUT2D eigenvalue weighted by molar-refractivity contribution is 0.0395. The third-order valence-electron chi connectivity index (χ3n) is 3.49. The van der Waals surface area contributed by atoms with Crippen molar-refractivity contribution in [3.8, 4) is 0 Å². The summed E-state index contributed by atoms with van der Waals surface area (Å²) in [5.41, 5.74) is 0.982. The van der Waals surface area contributed by atoms with Crippen LogP contribution < -0.4 is 4.90 Å². The van der Waals surface area contributed by atoms with E-state index in [1.54, 1.807) is 0 Å². The maximum Gasteiger partial charge on any atom is 0.356 e. The van der Waals surface area contributed by atoms with Crippen molar-refractivity contribution in [2.45, 2.75) is 6.10 Å². The van der Waals surface area contributed by atoms with Gasteiger partial charge in [0, 0.05) is 18.1 Å². The van der Waals surface area contributed by atoms with Crippen molar-refractivity contribution >= 4 is 23.4 Å². The van der Waals surface area contributed by atoms with Crippen molar-refractivity contribution in [2.75, 3.05) is 24.6 Å². The number of morpholine rings is 1. The zero-order valence-corrected chi connectivity index (χ0v) is 12.4. The topological polar surface area (TPSA) is 75.5 Å². The van der Waals surface area contributed by atoms with Crippen LogP contribution >= 0.6 is 11.6 Å². The van der Waals surface area contributed by atoms with Crippen molar-refractivity contribution in [2.24, 2.45) is 0 Å². The highest BCUT2D eigenvalue weighted by molar-refractivity contribution is 6.30. The summed E-state index contributed by atoms with van der Waals surface area (Å²) >= 11 is 5.90. The maximum absolute atomic E-state index is 10.8. The zero-order chi connectivity index (χ0) is 15.5. The number of aromatic nitrogens is 2. The minimum atomic E-state index is -1.08. The van der Waals surface area contributed by atoms with Crippen molar-refractivity contribution in [3.63, 3.8) is 0 Å². The number of carbonyl (C=O) groups is 1. The van der Waals surface area contributed by atoms with Crippen LogP contribution in [0.25, 0.3) is 0 Å². The van der Waals surface area contributed by atoms with Gasteiger partial charge in [-0.3, -0.25) is 0 Å². The number of hydrogen-bond donors (Lipinski definition) is 1. The average molecular weight is 320 g/mol. The summed E-state index contributed by atoms with van der Waals surface area (Å²) in [6.07, 6.45) is 2.67. The number of carboxylic acid groups (broad SMARTS) is 1. The third kappa shape index (κ3) is 3.18. The Labute approximate surface area is 132 Å². The van der Waals surface area contributed by atoms with Crippen molar-refractivity contribution in [1.82, 2.24) is 9.97 Å². The molecule has 0 aliphatic carbocycles. The first kappa shape index (κ1) is 14.7. The molecule has 0 spiro atoms. The van der Waals surface area contributed by atoms with E-state index < -0.39 is 5.97 Å². The molecule has 0 saturated carbocycles. The summed E-state index contributed by atoms with van der Waals surface area (Å²) in [6, 6.07) is 7.55. The largest absolute Gasteiger partial charge is 0.476 e. The van der Waals surface area contributed by atoms with E-state index in [-0.39, 0.29) is 11.8 Å². The van der Waals surface area contributed by atoms with Crippen LogP contribution in [0, 0.1) is 0 Å². The molecule has 114 valence electrons. The quantitative estimate of drug-likeness (QED) is 0.936. The van der Waals surface area contributed by atoms with Crippen LogP contribution in [-0.2, 0) is 4.74 Å². The molecule has 1 aromatic carbocycles. The van der Waals surface area contributed by atoms with Gasteiger partial charge in [-0.05, 0) is 17.7 Å². The van der Waals surface area contributed by atoms with Gasteiger partial charge in [-0.2, -0.15) is 0 Å². The lowest BCUT2D eigenvalue weighted by Gasteiger charge is -2.33. The summed E-state index contributed by atoms with van der Waals surface area (Å²) in [6.45, 7) is 1.88. The second-order valence-electron chi connectivity index (χ2n) is 4.92. The molecule has 1 saturated heterocycles. The Morgan fingerprint density at radius 2 is 2.05 bits per heavy atom. The fourth-order valence-electron chi connectivity index (χ4n) is 2.33. The van der Waals surface area contributed by atoms with Gasteiger partial charge in [-0.25, -0.2) is 14.8 Å². The number of aromatic carboxylic acids is 1. The van der Waals surface area contributed by atoms with Gasteiger partial charge in [0.2, 0.25) is 0 Å². The highest BCUT2D eigenvalue weighted by atomic mass is 35.5. The zero-order valence-electron chi connectivity index (χ0n) is 11.6. The molecule has 2 heterocycles. The van der Waals surface area contributed by atoms with E-state index in [2.05, 4.69) is 9.97 Å². The predicted octanol–water partition coefficient (Wildman–Crippen LogP) is 2.41. The van der Waals surface area contributed by atoms with Crippen LogP contribution in [0.3, 0.4) is 0 Å². The van der Waals surface area contributed by atoms with Gasteiger partial charge in [-0.15, -0.1) is 0 Å². The van der Waals surface area contributed by atoms with E-state index in [0.29, 0.717) is 30.5 Å². The molecule has 0 radical (unpaired) electrons. The van der Waals surface area contributed by atoms with E-state index in [0.717, 1.165) is 5.56 Å². The first-order valence-corrected chi connectivity index (χ1v) is 7.18. The molecule has 1 atom stereocenters. The Bertz CT molecular complexity index is 661. The van der Waals surface area contributed by atoms with E-state index in [4.69, 9.17) is 21.4 Å². The minimum Gasteiger partial charge on any atom is -0.476 e. The normalized spacial score (nSPS) is 18.2.